The van der Waals surface area contributed by atoms with Crippen LogP contribution in [0.1, 0.15) is 21.5 Å². The number of aromatic amines is 1. The van der Waals surface area contributed by atoms with Crippen LogP contribution in [0.25, 0.3) is 22.2 Å². The molecule has 0 spiro atoms. The molecule has 1 amide bonds. The average Bonchev–Trinajstić information content (AvgIpc) is 2.83. The molecule has 0 bridgehead atoms. The van der Waals surface area contributed by atoms with Crippen molar-refractivity contribution in [2.24, 2.45) is 0 Å². The summed E-state index contributed by atoms with van der Waals surface area (Å²) in [6.07, 6.45) is -4.00. The first-order valence-electron chi connectivity index (χ1n) is 7.65. The van der Waals surface area contributed by atoms with Crippen LogP contribution in [-0.2, 0) is 12.6 Å². The van der Waals surface area contributed by atoms with Crippen LogP contribution in [0.4, 0.5) is 13.2 Å². The number of carbonyl (C=O) groups excluding carboxylic acids is 1. The van der Waals surface area contributed by atoms with Crippen molar-refractivity contribution in [3.8, 4) is 11.3 Å². The van der Waals surface area contributed by atoms with Crippen molar-refractivity contribution < 1.29 is 18.0 Å². The van der Waals surface area contributed by atoms with Gasteiger partial charge in [-0.15, -0.1) is 0 Å². The summed E-state index contributed by atoms with van der Waals surface area (Å²) >= 11 is 5.72. The maximum Gasteiger partial charge on any atom is 0.417 e. The fourth-order valence-corrected chi connectivity index (χ4v) is 3.52. The average molecular weight is 365 g/mol. The molecule has 7 heteroatoms. The molecule has 0 aliphatic carbocycles. The van der Waals surface area contributed by atoms with E-state index in [1.54, 1.807) is 18.2 Å². The van der Waals surface area contributed by atoms with Crippen LogP contribution < -0.4 is 5.32 Å². The van der Waals surface area contributed by atoms with Crippen molar-refractivity contribution in [3.05, 3.63) is 58.1 Å². The van der Waals surface area contributed by atoms with Gasteiger partial charge in [-0.05, 0) is 41.8 Å². The molecule has 0 saturated carbocycles. The van der Waals surface area contributed by atoms with Crippen LogP contribution in [0, 0.1) is 0 Å². The van der Waals surface area contributed by atoms with E-state index in [0.29, 0.717) is 29.8 Å². The highest BCUT2D eigenvalue weighted by Gasteiger charge is 2.34. The fourth-order valence-electron chi connectivity index (χ4n) is 3.30. The Morgan fingerprint density at radius 1 is 1.12 bits per heavy atom. The van der Waals surface area contributed by atoms with E-state index in [2.05, 4.69) is 10.3 Å². The molecule has 25 heavy (non-hydrogen) atoms. The van der Waals surface area contributed by atoms with E-state index in [1.807, 2.05) is 6.07 Å². The molecule has 2 aromatic carbocycles. The minimum atomic E-state index is -4.53. The van der Waals surface area contributed by atoms with Crippen molar-refractivity contribution in [1.29, 1.82) is 0 Å². The third kappa shape index (κ3) is 2.57. The normalized spacial score (nSPS) is 14.5. The predicted octanol–water partition coefficient (Wildman–Crippen LogP) is 4.79. The molecule has 0 radical (unpaired) electrons. The van der Waals surface area contributed by atoms with Crippen molar-refractivity contribution in [2.45, 2.75) is 12.6 Å². The van der Waals surface area contributed by atoms with E-state index in [-0.39, 0.29) is 10.9 Å². The zero-order valence-electron chi connectivity index (χ0n) is 12.8. The Hall–Kier alpha value is -2.47. The lowest BCUT2D eigenvalue weighted by Crippen LogP contribution is -2.23. The zero-order chi connectivity index (χ0) is 17.8. The third-order valence-electron chi connectivity index (χ3n) is 4.39. The Morgan fingerprint density at radius 3 is 2.68 bits per heavy atom. The number of alkyl halides is 3. The zero-order valence-corrected chi connectivity index (χ0v) is 13.6. The molecule has 0 fully saturated rings. The third-order valence-corrected chi connectivity index (χ3v) is 4.72. The molecule has 0 atom stereocenters. The first-order valence-corrected chi connectivity index (χ1v) is 8.03. The molecular formula is C18H12ClF3N2O. The molecule has 0 saturated heterocycles. The first-order chi connectivity index (χ1) is 11.9. The Balaban J connectivity index is 1.98. The van der Waals surface area contributed by atoms with Crippen molar-refractivity contribution >= 4 is 28.4 Å². The summed E-state index contributed by atoms with van der Waals surface area (Å²) in [7, 11) is 0. The van der Waals surface area contributed by atoms with Crippen molar-refractivity contribution in [3.63, 3.8) is 0 Å². The van der Waals surface area contributed by atoms with E-state index in [9.17, 15) is 18.0 Å². The smallest absolute Gasteiger partial charge is 0.354 e. The Morgan fingerprint density at radius 2 is 1.92 bits per heavy atom. The van der Waals surface area contributed by atoms with E-state index in [4.69, 9.17) is 11.6 Å². The SMILES string of the molecule is O=C1NCCc2c(-c3ccc(Cl)c(C(F)(F)F)c3)[nH]c3cccc1c23. The molecule has 3 aromatic rings. The molecular weight excluding hydrogens is 353 g/mol. The highest BCUT2D eigenvalue weighted by molar-refractivity contribution is 6.31. The van der Waals surface area contributed by atoms with E-state index < -0.39 is 11.7 Å². The number of halogens is 4. The summed E-state index contributed by atoms with van der Waals surface area (Å²) in [6.45, 7) is 0.424. The van der Waals surface area contributed by atoms with Gasteiger partial charge in [-0.3, -0.25) is 4.79 Å². The molecule has 4 rings (SSSR count). The standard InChI is InChI=1S/C18H12ClF3N2O/c19-13-5-4-9(8-12(13)18(20,21)22)16-10-6-7-23-17(25)11-2-1-3-14(24-16)15(10)11/h1-5,8,24H,6-7H2,(H,23,25). The van der Waals surface area contributed by atoms with Gasteiger partial charge in [0, 0.05) is 28.7 Å². The second-order valence-corrected chi connectivity index (χ2v) is 6.31. The van der Waals surface area contributed by atoms with E-state index in [1.165, 1.54) is 6.07 Å². The Bertz CT molecular complexity index is 1010. The van der Waals surface area contributed by atoms with Gasteiger partial charge >= 0.3 is 6.18 Å². The first kappa shape index (κ1) is 16.0. The van der Waals surface area contributed by atoms with Gasteiger partial charge in [0.25, 0.3) is 5.91 Å². The number of carbonyl (C=O) groups is 1. The summed E-state index contributed by atoms with van der Waals surface area (Å²) < 4.78 is 39.5. The van der Waals surface area contributed by atoms with Crippen LogP contribution in [0.3, 0.4) is 0 Å². The maximum atomic E-state index is 13.2. The van der Waals surface area contributed by atoms with Crippen molar-refractivity contribution in [2.75, 3.05) is 6.54 Å². The number of hydrogen-bond acceptors (Lipinski definition) is 1. The lowest BCUT2D eigenvalue weighted by Gasteiger charge is -2.11. The summed E-state index contributed by atoms with van der Waals surface area (Å²) in [4.78, 5) is 15.3. The van der Waals surface area contributed by atoms with Gasteiger partial charge in [-0.1, -0.05) is 23.7 Å². The monoisotopic (exact) mass is 364 g/mol. The molecule has 3 nitrogen and oxygen atoms in total. The highest BCUT2D eigenvalue weighted by atomic mass is 35.5. The predicted molar refractivity (Wildman–Crippen MR) is 89.8 cm³/mol. The van der Waals surface area contributed by atoms with Gasteiger partial charge in [-0.2, -0.15) is 13.2 Å². The molecule has 2 N–H and O–H groups in total. The highest BCUT2D eigenvalue weighted by Crippen LogP contribution is 2.39. The quantitative estimate of drug-likeness (QED) is 0.640. The topological polar surface area (TPSA) is 44.9 Å². The number of rotatable bonds is 1. The minimum absolute atomic E-state index is 0.179. The van der Waals surface area contributed by atoms with E-state index >= 15 is 0 Å². The van der Waals surface area contributed by atoms with Crippen LogP contribution in [-0.4, -0.2) is 17.4 Å². The summed E-state index contributed by atoms with van der Waals surface area (Å²) in [5, 5.41) is 3.23. The fraction of sp³-hybridized carbons (Fsp3) is 0.167. The van der Waals surface area contributed by atoms with Crippen LogP contribution in [0.2, 0.25) is 5.02 Å². The molecule has 1 aliphatic heterocycles. The Kier molecular flexibility index (Phi) is 3.54. The van der Waals surface area contributed by atoms with Crippen LogP contribution in [0.15, 0.2) is 36.4 Å². The second kappa shape index (κ2) is 5.52. The summed E-state index contributed by atoms with van der Waals surface area (Å²) in [5.41, 5.74) is 2.19. The van der Waals surface area contributed by atoms with Crippen molar-refractivity contribution in [1.82, 2.24) is 10.3 Å². The number of hydrogen-bond donors (Lipinski definition) is 2. The number of H-pyrrole nitrogens is 1. The second-order valence-electron chi connectivity index (χ2n) is 5.90. The van der Waals surface area contributed by atoms with Gasteiger partial charge in [0.2, 0.25) is 0 Å². The van der Waals surface area contributed by atoms with Crippen LogP contribution in [0.5, 0.6) is 0 Å². The van der Waals surface area contributed by atoms with Crippen LogP contribution >= 0.6 is 11.6 Å². The molecule has 1 aliphatic rings. The van der Waals surface area contributed by atoms with E-state index in [0.717, 1.165) is 22.5 Å². The summed E-state index contributed by atoms with van der Waals surface area (Å²) in [5.74, 6) is -0.179. The minimum Gasteiger partial charge on any atom is -0.354 e. The lowest BCUT2D eigenvalue weighted by atomic mass is 9.99. The largest absolute Gasteiger partial charge is 0.417 e. The maximum absolute atomic E-state index is 13.2. The van der Waals surface area contributed by atoms with Gasteiger partial charge in [0.1, 0.15) is 0 Å². The number of nitrogens with one attached hydrogen (secondary N) is 2. The number of benzene rings is 2. The lowest BCUT2D eigenvalue weighted by molar-refractivity contribution is -0.137. The number of aromatic nitrogens is 1. The van der Waals surface area contributed by atoms with Gasteiger partial charge < -0.3 is 10.3 Å². The van der Waals surface area contributed by atoms with Gasteiger partial charge in [0.15, 0.2) is 0 Å². The number of amides is 1. The molecule has 0 unspecified atom stereocenters. The molecule has 2 heterocycles. The molecule has 128 valence electrons. The Labute approximate surface area is 145 Å². The van der Waals surface area contributed by atoms with Gasteiger partial charge in [0.05, 0.1) is 10.6 Å². The summed E-state index contributed by atoms with van der Waals surface area (Å²) in [6, 6.07) is 9.12. The molecule has 1 aromatic heterocycles. The van der Waals surface area contributed by atoms with Gasteiger partial charge in [-0.25, -0.2) is 0 Å².